The first kappa shape index (κ1) is 22.5. The summed E-state index contributed by atoms with van der Waals surface area (Å²) in [4.78, 5) is 0. The van der Waals surface area contributed by atoms with Gasteiger partial charge in [0, 0.05) is 0 Å². The van der Waals surface area contributed by atoms with E-state index < -0.39 is 0 Å². The molecule has 0 aromatic rings. The summed E-state index contributed by atoms with van der Waals surface area (Å²) in [5, 5.41) is 6.00. The van der Waals surface area contributed by atoms with Crippen molar-refractivity contribution in [2.75, 3.05) is 42.3 Å². The van der Waals surface area contributed by atoms with E-state index >= 15 is 0 Å². The molecule has 0 radical (unpaired) electrons. The molecule has 0 aliphatic carbocycles. The maximum Gasteiger partial charge on any atom is 0.0647 e. The Balaban J connectivity index is -0.00000001000. The van der Waals surface area contributed by atoms with Crippen LogP contribution >= 0.6 is 0 Å². The number of hydrogen-bond donors (Lipinski definition) is 3. The van der Waals surface area contributed by atoms with E-state index in [-0.39, 0.29) is 15.3 Å². The molecular formula is C6H26ClN3. The first-order chi connectivity index (χ1) is 4.24. The molecular weight excluding hydrogens is 150 g/mol. The maximum atomic E-state index is 2.00. The molecule has 0 amide bonds. The first-order valence-corrected chi connectivity index (χ1v) is 3.46. The third-order valence-electron chi connectivity index (χ3n) is 0. The van der Waals surface area contributed by atoms with Gasteiger partial charge in [-0.3, -0.25) is 0 Å². The Morgan fingerprint density at radius 1 is 0.600 bits per heavy atom. The minimum Gasteiger partial charge on any atom is -1.00 e. The fourth-order valence-corrected chi connectivity index (χ4v) is 0. The summed E-state index contributed by atoms with van der Waals surface area (Å²) < 4.78 is 0. The van der Waals surface area contributed by atoms with E-state index in [1.54, 1.807) is 0 Å². The van der Waals surface area contributed by atoms with Crippen LogP contribution in [0.5, 0.6) is 0 Å². The van der Waals surface area contributed by atoms with Crippen LogP contribution in [0.3, 0.4) is 0 Å². The topological polar surface area (TPSA) is 49.8 Å². The zero-order valence-corrected chi connectivity index (χ0v) is 8.87. The van der Waals surface area contributed by atoms with E-state index in [1.807, 2.05) is 58.2 Å². The average molecular weight is 176 g/mol. The number of halogens is 1. The lowest BCUT2D eigenvalue weighted by Gasteiger charge is -1.57. The maximum absolute atomic E-state index is 2.00. The van der Waals surface area contributed by atoms with Gasteiger partial charge in [-0.15, -0.1) is 0 Å². The summed E-state index contributed by atoms with van der Waals surface area (Å²) >= 11 is 0. The van der Waals surface area contributed by atoms with Gasteiger partial charge in [0.2, 0.25) is 0 Å². The van der Waals surface area contributed by atoms with Crippen LogP contribution < -0.4 is 28.4 Å². The van der Waals surface area contributed by atoms with Crippen molar-refractivity contribution < 1.29 is 31.2 Å². The van der Waals surface area contributed by atoms with Crippen molar-refractivity contribution in [1.82, 2.24) is 0 Å². The van der Waals surface area contributed by atoms with Crippen LogP contribution in [-0.4, -0.2) is 42.3 Å². The van der Waals surface area contributed by atoms with Crippen molar-refractivity contribution in [1.29, 1.82) is 0 Å². The fourth-order valence-electron chi connectivity index (χ4n) is 0. The Kier molecular flexibility index (Phi) is 137. The zero-order chi connectivity index (χ0) is 8.12. The third kappa shape index (κ3) is 14500. The van der Waals surface area contributed by atoms with Gasteiger partial charge >= 0.3 is 0 Å². The molecule has 0 saturated heterocycles. The number of quaternary nitrogens is 3. The van der Waals surface area contributed by atoms with Crippen molar-refractivity contribution in [2.45, 2.75) is 0 Å². The number of hydrogen-bond acceptors (Lipinski definition) is 0. The summed E-state index contributed by atoms with van der Waals surface area (Å²) in [5.41, 5.74) is 0. The van der Waals surface area contributed by atoms with E-state index in [0.717, 1.165) is 0 Å². The monoisotopic (exact) mass is 175 g/mol. The van der Waals surface area contributed by atoms with Crippen molar-refractivity contribution >= 4 is 0 Å². The smallest absolute Gasteiger partial charge is 0.0647 e. The highest BCUT2D eigenvalue weighted by molar-refractivity contribution is 3.36. The summed E-state index contributed by atoms with van der Waals surface area (Å²) in [6.45, 7) is 0. The molecule has 0 aliphatic rings. The molecule has 0 fully saturated rings. The summed E-state index contributed by atoms with van der Waals surface area (Å²) in [6, 6.07) is 0. The van der Waals surface area contributed by atoms with Gasteiger partial charge in [0.25, 0.3) is 0 Å². The SMILES string of the molecule is C[NH2+]C.C[NH2+]C.C[NH2+]C.[Cl-].[H-].[H-]. The molecule has 0 aromatic carbocycles. The first-order valence-electron chi connectivity index (χ1n) is 3.46. The highest BCUT2D eigenvalue weighted by Crippen LogP contribution is 0.592. The Morgan fingerprint density at radius 3 is 0.600 bits per heavy atom. The van der Waals surface area contributed by atoms with Gasteiger partial charge in [-0.2, -0.15) is 0 Å². The molecule has 0 heterocycles. The molecule has 0 saturated carbocycles. The van der Waals surface area contributed by atoms with Crippen LogP contribution in [-0.2, 0) is 0 Å². The van der Waals surface area contributed by atoms with Crippen molar-refractivity contribution in [3.63, 3.8) is 0 Å². The Morgan fingerprint density at radius 2 is 0.600 bits per heavy atom. The molecule has 0 aliphatic heterocycles. The Bertz CT molecular complexity index is 25.5. The predicted octanol–water partition coefficient (Wildman–Crippen LogP) is -6.34. The minimum atomic E-state index is 0. The van der Waals surface area contributed by atoms with Crippen molar-refractivity contribution in [2.24, 2.45) is 0 Å². The van der Waals surface area contributed by atoms with Gasteiger partial charge in [0.15, 0.2) is 0 Å². The summed E-state index contributed by atoms with van der Waals surface area (Å²) in [6.07, 6.45) is 0. The Labute approximate surface area is 74.3 Å². The van der Waals surface area contributed by atoms with Crippen molar-refractivity contribution in [3.05, 3.63) is 0 Å². The second-order valence-corrected chi connectivity index (χ2v) is 1.73. The number of nitrogens with two attached hydrogens (primary N) is 3. The van der Waals surface area contributed by atoms with Gasteiger partial charge in [-0.25, -0.2) is 0 Å². The van der Waals surface area contributed by atoms with Gasteiger partial charge in [0.05, 0.1) is 42.3 Å². The van der Waals surface area contributed by atoms with E-state index in [4.69, 9.17) is 0 Å². The zero-order valence-electron chi connectivity index (χ0n) is 10.1. The van der Waals surface area contributed by atoms with E-state index in [1.165, 1.54) is 0 Å². The molecule has 0 aromatic heterocycles. The molecule has 0 bridgehead atoms. The largest absolute Gasteiger partial charge is 1.00 e. The second kappa shape index (κ2) is 60.9. The predicted molar refractivity (Wildman–Crippen MR) is 43.5 cm³/mol. The van der Waals surface area contributed by atoms with E-state index in [2.05, 4.69) is 0 Å². The minimum absolute atomic E-state index is 0. The third-order valence-corrected chi connectivity index (χ3v) is 0. The molecule has 3 nitrogen and oxygen atoms in total. The highest BCUT2D eigenvalue weighted by Gasteiger charge is 1.29. The fraction of sp³-hybridized carbons (Fsp3) is 1.00. The molecule has 10 heavy (non-hydrogen) atoms. The van der Waals surface area contributed by atoms with Gasteiger partial charge < -0.3 is 31.2 Å². The molecule has 72 valence electrons. The van der Waals surface area contributed by atoms with Crippen LogP contribution in [0.15, 0.2) is 0 Å². The standard InChI is InChI=1S/3C2H7N.ClH.2H/c3*1-3-2;;;/h3*3H,1-2H3;1H;;/q;;;;2*-1/p+2. The lowest BCUT2D eigenvalue weighted by Crippen LogP contribution is -3.00. The van der Waals surface area contributed by atoms with Gasteiger partial charge in [-0.05, 0) is 0 Å². The quantitative estimate of drug-likeness (QED) is 0.328. The summed E-state index contributed by atoms with van der Waals surface area (Å²) in [5.74, 6) is 0. The summed E-state index contributed by atoms with van der Waals surface area (Å²) in [7, 11) is 12.0. The van der Waals surface area contributed by atoms with Crippen LogP contribution in [0.2, 0.25) is 0 Å². The van der Waals surface area contributed by atoms with E-state index in [0.29, 0.717) is 0 Å². The lowest BCUT2D eigenvalue weighted by molar-refractivity contribution is -0.597. The normalized spacial score (nSPS) is 5.40. The molecule has 0 rings (SSSR count). The molecule has 4 heteroatoms. The van der Waals surface area contributed by atoms with Gasteiger partial charge in [-0.1, -0.05) is 0 Å². The Hall–Kier alpha value is 0.170. The molecule has 6 N–H and O–H groups in total. The molecule has 0 unspecified atom stereocenters. The highest BCUT2D eigenvalue weighted by atomic mass is 35.5. The molecule has 0 atom stereocenters. The van der Waals surface area contributed by atoms with Crippen LogP contribution in [0.4, 0.5) is 0 Å². The van der Waals surface area contributed by atoms with Crippen molar-refractivity contribution in [3.8, 4) is 0 Å². The number of rotatable bonds is 0. The van der Waals surface area contributed by atoms with Crippen LogP contribution in [0.1, 0.15) is 2.85 Å². The van der Waals surface area contributed by atoms with Crippen LogP contribution in [0.25, 0.3) is 0 Å². The lowest BCUT2D eigenvalue weighted by atomic mass is 11.3. The van der Waals surface area contributed by atoms with E-state index in [9.17, 15) is 0 Å². The van der Waals surface area contributed by atoms with Gasteiger partial charge in [0.1, 0.15) is 0 Å². The average Bonchev–Trinajstić information content (AvgIpc) is 1.70. The van der Waals surface area contributed by atoms with Crippen LogP contribution in [0, 0.1) is 0 Å². The second-order valence-electron chi connectivity index (χ2n) is 1.73. The molecule has 0 spiro atoms.